The Morgan fingerprint density at radius 3 is 2.39 bits per heavy atom. The Hall–Kier alpha value is -3.65. The third-order valence-corrected chi connectivity index (χ3v) is 7.26. The van der Waals surface area contributed by atoms with Crippen molar-refractivity contribution in [3.63, 3.8) is 0 Å². The molecule has 1 saturated carbocycles. The van der Waals surface area contributed by atoms with Crippen LogP contribution in [0, 0.1) is 19.7 Å². The maximum atomic E-state index is 15.0. The van der Waals surface area contributed by atoms with Gasteiger partial charge in [0.25, 0.3) is 11.8 Å². The molecule has 2 heterocycles. The second kappa shape index (κ2) is 9.58. The van der Waals surface area contributed by atoms with Crippen LogP contribution in [0.5, 0.6) is 11.6 Å². The molecule has 9 nitrogen and oxygen atoms in total. The number of nitrogens with one attached hydrogen (secondary N) is 1. The number of anilines is 1. The molecule has 0 bridgehead atoms. The van der Waals surface area contributed by atoms with Crippen molar-refractivity contribution in [3.8, 4) is 11.6 Å². The van der Waals surface area contributed by atoms with Crippen molar-refractivity contribution in [2.45, 2.75) is 49.8 Å². The fraction of sp³-hybridized carbons (Fsp3) is 0.333. The first kappa shape index (κ1) is 27.4. The van der Waals surface area contributed by atoms with Gasteiger partial charge in [0.05, 0.1) is 16.3 Å². The Kier molecular flexibility index (Phi) is 6.91. The predicted molar refractivity (Wildman–Crippen MR) is 126 cm³/mol. The summed E-state index contributed by atoms with van der Waals surface area (Å²) in [5.74, 6) is -3.35. The van der Waals surface area contributed by atoms with Gasteiger partial charge < -0.3 is 15.2 Å². The van der Waals surface area contributed by atoms with E-state index in [1.165, 1.54) is 25.1 Å². The van der Waals surface area contributed by atoms with Crippen LogP contribution in [0.4, 0.5) is 23.2 Å². The zero-order chi connectivity index (χ0) is 28.0. The zero-order valence-corrected chi connectivity index (χ0v) is 21.2. The van der Waals surface area contributed by atoms with E-state index in [1.807, 2.05) is 0 Å². The highest BCUT2D eigenvalue weighted by Crippen LogP contribution is 2.42. The van der Waals surface area contributed by atoms with Gasteiger partial charge in [0.1, 0.15) is 11.2 Å². The summed E-state index contributed by atoms with van der Waals surface area (Å²) in [7, 11) is -3.64. The average Bonchev–Trinajstić information content (AvgIpc) is 2.78. The summed E-state index contributed by atoms with van der Waals surface area (Å²) in [6, 6.07) is 6.04. The van der Waals surface area contributed by atoms with Crippen LogP contribution in [0.3, 0.4) is 0 Å². The second-order valence-electron chi connectivity index (χ2n) is 9.00. The summed E-state index contributed by atoms with van der Waals surface area (Å²) in [6.07, 6.45) is -2.49. The third-order valence-electron chi connectivity index (χ3n) is 6.15. The molecule has 38 heavy (non-hydrogen) atoms. The molecule has 0 atom stereocenters. The first-order valence-corrected chi connectivity index (χ1v) is 13.1. The monoisotopic (exact) mass is 554 g/mol. The van der Waals surface area contributed by atoms with Crippen molar-refractivity contribution in [3.05, 3.63) is 64.4 Å². The van der Waals surface area contributed by atoms with Crippen LogP contribution < -0.4 is 10.1 Å². The van der Waals surface area contributed by atoms with Crippen molar-refractivity contribution in [2.75, 3.05) is 11.6 Å². The van der Waals surface area contributed by atoms with E-state index in [-0.39, 0.29) is 22.0 Å². The van der Waals surface area contributed by atoms with Gasteiger partial charge in [0.15, 0.2) is 27.1 Å². The summed E-state index contributed by atoms with van der Waals surface area (Å²) in [5.41, 5.74) is -4.06. The van der Waals surface area contributed by atoms with E-state index in [1.54, 1.807) is 0 Å². The lowest BCUT2D eigenvalue weighted by atomic mass is 9.77. The Morgan fingerprint density at radius 1 is 1.16 bits per heavy atom. The molecule has 4 rings (SSSR count). The zero-order valence-electron chi connectivity index (χ0n) is 20.4. The summed E-state index contributed by atoms with van der Waals surface area (Å²) in [6.45, 7) is 2.34. The lowest BCUT2D eigenvalue weighted by Gasteiger charge is -2.36. The van der Waals surface area contributed by atoms with E-state index in [0.29, 0.717) is 12.8 Å². The SMILES string of the molecule is Cc1nc(C2(O)CCC2)cc(F)c1Oc1nnc(C(F)(F)F)c(C)c1C(=O)Nc1cccc(S(C)(=O)=O)c1. The van der Waals surface area contributed by atoms with Gasteiger partial charge >= 0.3 is 6.18 Å². The number of aliphatic hydroxyl groups is 1. The van der Waals surface area contributed by atoms with Gasteiger partial charge in [0.2, 0.25) is 0 Å². The minimum absolute atomic E-state index is 0.0317. The van der Waals surface area contributed by atoms with E-state index >= 15 is 4.39 Å². The number of sulfone groups is 1. The Bertz CT molecular complexity index is 1520. The highest BCUT2D eigenvalue weighted by Gasteiger charge is 2.40. The van der Waals surface area contributed by atoms with Crippen LogP contribution >= 0.6 is 0 Å². The number of nitrogens with zero attached hydrogens (tertiary/aromatic N) is 3. The Balaban J connectivity index is 1.76. The quantitative estimate of drug-likeness (QED) is 0.427. The van der Waals surface area contributed by atoms with E-state index in [4.69, 9.17) is 4.74 Å². The number of amides is 1. The van der Waals surface area contributed by atoms with Crippen LogP contribution in [0.15, 0.2) is 35.2 Å². The van der Waals surface area contributed by atoms with Gasteiger partial charge in [-0.2, -0.15) is 13.2 Å². The molecule has 0 aliphatic heterocycles. The summed E-state index contributed by atoms with van der Waals surface area (Å²) >= 11 is 0. The number of hydrogen-bond acceptors (Lipinski definition) is 8. The number of rotatable bonds is 6. The summed E-state index contributed by atoms with van der Waals surface area (Å²) < 4.78 is 84.8. The highest BCUT2D eigenvalue weighted by molar-refractivity contribution is 7.90. The third kappa shape index (κ3) is 5.31. The van der Waals surface area contributed by atoms with E-state index in [0.717, 1.165) is 31.7 Å². The van der Waals surface area contributed by atoms with Crippen molar-refractivity contribution >= 4 is 21.4 Å². The second-order valence-corrected chi connectivity index (χ2v) is 11.0. The standard InChI is InChI=1S/C24H22F4N4O5S/c1-12-18(21(33)30-14-6-4-7-15(10-14)38(3,35)36)22(32-31-20(12)24(26,27)28)37-19-13(2)29-17(11-16(19)25)23(34)8-5-9-23/h4,6-7,10-11,34H,5,8-9H2,1-3H3,(H,30,33). The number of carbonyl (C=O) groups excluding carboxylic acids is 1. The molecule has 1 aliphatic rings. The first-order chi connectivity index (χ1) is 17.6. The Morgan fingerprint density at radius 2 is 1.84 bits per heavy atom. The van der Waals surface area contributed by atoms with Gasteiger partial charge in [-0.15, -0.1) is 10.2 Å². The van der Waals surface area contributed by atoms with Gasteiger partial charge in [0, 0.05) is 18.0 Å². The molecule has 3 aromatic rings. The molecule has 202 valence electrons. The number of alkyl halides is 3. The first-order valence-electron chi connectivity index (χ1n) is 11.2. The fourth-order valence-electron chi connectivity index (χ4n) is 3.95. The van der Waals surface area contributed by atoms with Crippen molar-refractivity contribution in [1.29, 1.82) is 0 Å². The van der Waals surface area contributed by atoms with Crippen LogP contribution in [-0.4, -0.2) is 40.9 Å². The number of carbonyl (C=O) groups is 1. The van der Waals surface area contributed by atoms with Crippen LogP contribution in [-0.2, 0) is 21.6 Å². The molecule has 1 amide bonds. The molecule has 0 spiro atoms. The maximum absolute atomic E-state index is 15.0. The van der Waals surface area contributed by atoms with Crippen molar-refractivity contribution in [2.24, 2.45) is 0 Å². The summed E-state index contributed by atoms with van der Waals surface area (Å²) in [5, 5.41) is 19.4. The van der Waals surface area contributed by atoms with E-state index in [9.17, 15) is 31.5 Å². The number of ether oxygens (including phenoxy) is 1. The summed E-state index contributed by atoms with van der Waals surface area (Å²) in [4.78, 5) is 17.2. The van der Waals surface area contributed by atoms with Gasteiger partial charge in [-0.3, -0.25) is 9.78 Å². The lowest BCUT2D eigenvalue weighted by molar-refractivity contribution is -0.142. The van der Waals surface area contributed by atoms with Gasteiger partial charge in [-0.1, -0.05) is 6.07 Å². The minimum Gasteiger partial charge on any atom is -0.432 e. The Labute approximate surface area is 214 Å². The molecule has 1 aliphatic carbocycles. The molecule has 0 radical (unpaired) electrons. The molecular formula is C24H22F4N4O5S. The van der Waals surface area contributed by atoms with Crippen LogP contribution in [0.1, 0.15) is 52.3 Å². The molecule has 2 N–H and O–H groups in total. The lowest BCUT2D eigenvalue weighted by Crippen LogP contribution is -2.35. The minimum atomic E-state index is -4.97. The van der Waals surface area contributed by atoms with Crippen LogP contribution in [0.2, 0.25) is 0 Å². The molecule has 0 unspecified atom stereocenters. The normalized spacial score (nSPS) is 15.1. The van der Waals surface area contributed by atoms with E-state index in [2.05, 4.69) is 20.5 Å². The number of hydrogen-bond donors (Lipinski definition) is 2. The largest absolute Gasteiger partial charge is 0.435 e. The van der Waals surface area contributed by atoms with Gasteiger partial charge in [-0.25, -0.2) is 12.8 Å². The number of aromatic nitrogens is 3. The van der Waals surface area contributed by atoms with Gasteiger partial charge in [-0.05, 0) is 56.9 Å². The van der Waals surface area contributed by atoms with Crippen molar-refractivity contribution in [1.82, 2.24) is 15.2 Å². The number of pyridine rings is 1. The van der Waals surface area contributed by atoms with Crippen LogP contribution in [0.25, 0.3) is 0 Å². The highest BCUT2D eigenvalue weighted by atomic mass is 32.2. The number of benzene rings is 1. The molecule has 0 saturated heterocycles. The molecule has 14 heteroatoms. The van der Waals surface area contributed by atoms with Crippen molar-refractivity contribution < 1.29 is 40.6 Å². The molecule has 1 aromatic carbocycles. The molecular weight excluding hydrogens is 532 g/mol. The smallest absolute Gasteiger partial charge is 0.432 e. The predicted octanol–water partition coefficient (Wildman–Crippen LogP) is 4.47. The molecule has 1 fully saturated rings. The van der Waals surface area contributed by atoms with E-state index < -0.39 is 61.8 Å². The number of halogens is 4. The number of aryl methyl sites for hydroxylation is 1. The average molecular weight is 555 g/mol. The topological polar surface area (TPSA) is 131 Å². The molecule has 2 aromatic heterocycles. The maximum Gasteiger partial charge on any atom is 0.435 e. The fourth-order valence-corrected chi connectivity index (χ4v) is 4.62.